The largest absolute Gasteiger partial charge is 0.309 e. The first-order chi connectivity index (χ1) is 8.27. The van der Waals surface area contributed by atoms with Crippen LogP contribution in [0.1, 0.15) is 30.5 Å². The van der Waals surface area contributed by atoms with E-state index in [0.29, 0.717) is 0 Å². The molecule has 94 valence electrons. The Morgan fingerprint density at radius 3 is 2.82 bits per heavy atom. The number of nitrogens with zero attached hydrogens (tertiary/aromatic N) is 3. The molecule has 17 heavy (non-hydrogen) atoms. The standard InChI is InChI=1S/C13H21N3S/c1-16(2)8-9-17-13-11-6-4-3-5-7-12(11)14-10-15-13/h10H,3-9H2,1-2H3. The fourth-order valence-corrected chi connectivity index (χ4v) is 3.28. The molecule has 0 N–H and O–H groups in total. The summed E-state index contributed by atoms with van der Waals surface area (Å²) in [6, 6.07) is 0. The SMILES string of the molecule is CN(C)CCSc1ncnc2c1CCCCC2. The maximum Gasteiger partial charge on any atom is 0.116 e. The number of aryl methyl sites for hydroxylation is 1. The molecule has 1 aromatic rings. The van der Waals surface area contributed by atoms with Crippen LogP contribution in [0.2, 0.25) is 0 Å². The summed E-state index contributed by atoms with van der Waals surface area (Å²) < 4.78 is 0. The van der Waals surface area contributed by atoms with Gasteiger partial charge < -0.3 is 4.90 Å². The second kappa shape index (κ2) is 6.36. The molecule has 1 aromatic heterocycles. The number of hydrogen-bond donors (Lipinski definition) is 0. The van der Waals surface area contributed by atoms with Gasteiger partial charge >= 0.3 is 0 Å². The van der Waals surface area contributed by atoms with E-state index < -0.39 is 0 Å². The zero-order valence-electron chi connectivity index (χ0n) is 10.8. The summed E-state index contributed by atoms with van der Waals surface area (Å²) in [5, 5.41) is 1.22. The van der Waals surface area contributed by atoms with Crippen molar-refractivity contribution in [1.29, 1.82) is 0 Å². The van der Waals surface area contributed by atoms with Gasteiger partial charge in [-0.15, -0.1) is 11.8 Å². The lowest BCUT2D eigenvalue weighted by Gasteiger charge is -2.12. The lowest BCUT2D eigenvalue weighted by atomic mass is 10.1. The van der Waals surface area contributed by atoms with Gasteiger partial charge in [-0.2, -0.15) is 0 Å². The molecule has 0 radical (unpaired) electrons. The van der Waals surface area contributed by atoms with Crippen molar-refractivity contribution in [3.8, 4) is 0 Å². The number of aromatic nitrogens is 2. The number of hydrogen-bond acceptors (Lipinski definition) is 4. The molecule has 0 atom stereocenters. The average Bonchev–Trinajstić information content (AvgIpc) is 2.54. The smallest absolute Gasteiger partial charge is 0.116 e. The highest BCUT2D eigenvalue weighted by Gasteiger charge is 2.14. The maximum atomic E-state index is 4.46. The molecule has 0 fully saturated rings. The molecule has 0 saturated heterocycles. The Bertz CT molecular complexity index is 366. The third kappa shape index (κ3) is 3.68. The number of rotatable bonds is 4. The average molecular weight is 251 g/mol. The van der Waals surface area contributed by atoms with Crippen LogP contribution in [0.15, 0.2) is 11.4 Å². The summed E-state index contributed by atoms with van der Waals surface area (Å²) in [5.74, 6) is 1.11. The van der Waals surface area contributed by atoms with E-state index >= 15 is 0 Å². The van der Waals surface area contributed by atoms with Crippen molar-refractivity contribution in [2.75, 3.05) is 26.4 Å². The van der Waals surface area contributed by atoms with E-state index in [0.717, 1.165) is 18.7 Å². The van der Waals surface area contributed by atoms with E-state index in [4.69, 9.17) is 0 Å². The molecule has 1 aliphatic carbocycles. The predicted octanol–water partition coefficient (Wildman–Crippen LogP) is 2.40. The van der Waals surface area contributed by atoms with Crippen molar-refractivity contribution in [1.82, 2.24) is 14.9 Å². The molecule has 2 rings (SSSR count). The normalized spacial score (nSPS) is 15.7. The van der Waals surface area contributed by atoms with Crippen molar-refractivity contribution in [2.24, 2.45) is 0 Å². The third-order valence-corrected chi connectivity index (χ3v) is 4.12. The molecule has 3 nitrogen and oxygen atoms in total. The van der Waals surface area contributed by atoms with Gasteiger partial charge in [0.15, 0.2) is 0 Å². The fourth-order valence-electron chi connectivity index (χ4n) is 2.12. The van der Waals surface area contributed by atoms with Crippen LogP contribution in [0, 0.1) is 0 Å². The first-order valence-corrected chi connectivity index (χ1v) is 7.36. The third-order valence-electron chi connectivity index (χ3n) is 3.11. The van der Waals surface area contributed by atoms with Gasteiger partial charge in [0.25, 0.3) is 0 Å². The van der Waals surface area contributed by atoms with E-state index in [1.54, 1.807) is 6.33 Å². The molecule has 0 amide bonds. The van der Waals surface area contributed by atoms with Crippen LogP contribution in [0.4, 0.5) is 0 Å². The molecule has 0 bridgehead atoms. The minimum atomic E-state index is 1.10. The number of fused-ring (bicyclic) bond motifs is 1. The highest BCUT2D eigenvalue weighted by Crippen LogP contribution is 2.27. The van der Waals surface area contributed by atoms with Crippen LogP contribution >= 0.6 is 11.8 Å². The second-order valence-electron chi connectivity index (χ2n) is 4.82. The molecular weight excluding hydrogens is 230 g/mol. The predicted molar refractivity (Wildman–Crippen MR) is 72.6 cm³/mol. The molecule has 1 heterocycles. The van der Waals surface area contributed by atoms with E-state index in [9.17, 15) is 0 Å². The zero-order valence-corrected chi connectivity index (χ0v) is 11.6. The lowest BCUT2D eigenvalue weighted by Crippen LogP contribution is -2.15. The molecule has 0 aliphatic heterocycles. The van der Waals surface area contributed by atoms with Crippen molar-refractivity contribution in [2.45, 2.75) is 37.1 Å². The Kier molecular flexibility index (Phi) is 4.80. The molecule has 0 aromatic carbocycles. The van der Waals surface area contributed by atoms with E-state index in [1.807, 2.05) is 11.8 Å². The van der Waals surface area contributed by atoms with E-state index in [2.05, 4.69) is 29.0 Å². The maximum absolute atomic E-state index is 4.46. The topological polar surface area (TPSA) is 29.0 Å². The summed E-state index contributed by atoms with van der Waals surface area (Å²) in [6.45, 7) is 1.10. The van der Waals surface area contributed by atoms with Crippen LogP contribution < -0.4 is 0 Å². The van der Waals surface area contributed by atoms with Gasteiger partial charge in [0.2, 0.25) is 0 Å². The van der Waals surface area contributed by atoms with Crippen LogP contribution in [0.5, 0.6) is 0 Å². The van der Waals surface area contributed by atoms with Crippen LogP contribution in [0.3, 0.4) is 0 Å². The van der Waals surface area contributed by atoms with Gasteiger partial charge in [-0.3, -0.25) is 0 Å². The summed E-state index contributed by atoms with van der Waals surface area (Å²) in [6.07, 6.45) is 7.95. The molecule has 0 spiro atoms. The van der Waals surface area contributed by atoms with Gasteiger partial charge in [-0.25, -0.2) is 9.97 Å². The first kappa shape index (κ1) is 12.8. The summed E-state index contributed by atoms with van der Waals surface area (Å²) in [4.78, 5) is 11.1. The van der Waals surface area contributed by atoms with Crippen LogP contribution in [-0.2, 0) is 12.8 Å². The molecular formula is C13H21N3S. The lowest BCUT2D eigenvalue weighted by molar-refractivity contribution is 0.437. The quantitative estimate of drug-likeness (QED) is 0.467. The van der Waals surface area contributed by atoms with Gasteiger partial charge in [0, 0.05) is 23.6 Å². The van der Waals surface area contributed by atoms with E-state index in [-0.39, 0.29) is 0 Å². The first-order valence-electron chi connectivity index (χ1n) is 6.37. The summed E-state index contributed by atoms with van der Waals surface area (Å²) >= 11 is 1.88. The number of thioether (sulfide) groups is 1. The Hall–Kier alpha value is -0.610. The summed E-state index contributed by atoms with van der Waals surface area (Å²) in [5.41, 5.74) is 2.72. The van der Waals surface area contributed by atoms with Gasteiger partial charge in [-0.05, 0) is 39.8 Å². The highest BCUT2D eigenvalue weighted by molar-refractivity contribution is 7.99. The molecule has 1 aliphatic rings. The van der Waals surface area contributed by atoms with Crippen molar-refractivity contribution in [3.63, 3.8) is 0 Å². The highest BCUT2D eigenvalue weighted by atomic mass is 32.2. The van der Waals surface area contributed by atoms with Gasteiger partial charge in [0.05, 0.1) is 0 Å². The van der Waals surface area contributed by atoms with Gasteiger partial charge in [-0.1, -0.05) is 6.42 Å². The Morgan fingerprint density at radius 1 is 1.18 bits per heavy atom. The molecule has 4 heteroatoms. The van der Waals surface area contributed by atoms with Crippen LogP contribution in [0.25, 0.3) is 0 Å². The Labute approximate surface area is 108 Å². The van der Waals surface area contributed by atoms with Crippen molar-refractivity contribution >= 4 is 11.8 Å². The minimum Gasteiger partial charge on any atom is -0.309 e. The van der Waals surface area contributed by atoms with Crippen molar-refractivity contribution < 1.29 is 0 Å². The van der Waals surface area contributed by atoms with E-state index in [1.165, 1.54) is 42.0 Å². The second-order valence-corrected chi connectivity index (χ2v) is 5.90. The van der Waals surface area contributed by atoms with Crippen LogP contribution in [-0.4, -0.2) is 41.3 Å². The van der Waals surface area contributed by atoms with Gasteiger partial charge in [0.1, 0.15) is 11.4 Å². The minimum absolute atomic E-state index is 1.10. The Morgan fingerprint density at radius 2 is 2.00 bits per heavy atom. The Balaban J connectivity index is 2.06. The summed E-state index contributed by atoms with van der Waals surface area (Å²) in [7, 11) is 4.22. The molecule has 0 saturated carbocycles. The fraction of sp³-hybridized carbons (Fsp3) is 0.692. The molecule has 0 unspecified atom stereocenters. The zero-order chi connectivity index (χ0) is 12.1. The van der Waals surface area contributed by atoms with Crippen molar-refractivity contribution in [3.05, 3.63) is 17.6 Å². The monoisotopic (exact) mass is 251 g/mol.